The van der Waals surface area contributed by atoms with E-state index >= 15 is 0 Å². The summed E-state index contributed by atoms with van der Waals surface area (Å²) in [5.41, 5.74) is -4.98. The van der Waals surface area contributed by atoms with E-state index in [-0.39, 0.29) is 116 Å². The van der Waals surface area contributed by atoms with Gasteiger partial charge in [0.15, 0.2) is 77.0 Å². The number of hydrogen-bond donors (Lipinski definition) is 41. The summed E-state index contributed by atoms with van der Waals surface area (Å²) < 4.78 is 9.08. The minimum absolute atomic E-state index is 0. The molecule has 2 heterocycles. The Morgan fingerprint density at radius 2 is 0.578 bits per heavy atom. The Labute approximate surface area is 818 Å². The number of carboxylic acids is 16. The Bertz CT molecular complexity index is 3210. The quantitative estimate of drug-likeness (QED) is 0.0159. The van der Waals surface area contributed by atoms with Crippen molar-refractivity contribution in [2.24, 2.45) is 0 Å². The van der Waals surface area contributed by atoms with Crippen molar-refractivity contribution in [3.8, 4) is 0 Å². The predicted octanol–water partition coefficient (Wildman–Crippen LogP) is -23.5. The molecule has 72 heteroatoms. The van der Waals surface area contributed by atoms with Crippen molar-refractivity contribution in [3.05, 3.63) is 47.7 Å². The van der Waals surface area contributed by atoms with Crippen LogP contribution in [0.3, 0.4) is 0 Å². The first-order valence-corrected chi connectivity index (χ1v) is 32.4. The van der Waals surface area contributed by atoms with E-state index in [2.05, 4.69) is 17.9 Å². The molecule has 10 unspecified atom stereocenters. The van der Waals surface area contributed by atoms with Gasteiger partial charge in [-0.15, -0.1) is 0 Å². The van der Waals surface area contributed by atoms with Gasteiger partial charge in [-0.3, -0.25) is 14.4 Å². The number of aliphatic hydroxyl groups is 30. The molecule has 0 aliphatic carbocycles. The summed E-state index contributed by atoms with van der Waals surface area (Å²) in [7, 11) is 1.00. The molecule has 0 saturated carbocycles. The van der Waals surface area contributed by atoms with Gasteiger partial charge in [-0.25, -0.2) is 47.9 Å². The molecule has 2 radical (unpaired) electrons. The SMILES string of the molecule is C.C=C(O)CC(O)(CC(=O)O)C(=O)O.C=C1O[C@H]([C@@H](O)CO)C(O)=C1O.CC(=O)CC(O)(CC(=O)O)C(=O)O.CC(=O)[O-].CC(=O)[O-].CC(O)C(=O)O.CC(O)C(=O)O.CO.O=C(O)[C@H](O)[C@@H](O)[C@H](O)[C@H](O)CO.O=C(O)[C@H](O)[C@@H](O)[C@H](O)[C@H](O)CO.O=C([O-])C(O)C(O)C(=O)O.O=C([O-])C(O)C(O)C(=O)O.O=C([O-])C(O)C(O)C(=O)O.O=C1O[C@H]([C@@H](O)CO)C(O)=C1O.[Fe+2].[Fe+3].[Fe+3].[Fe].[Fe].[Fe]. The minimum Gasteiger partial charge on any atom is -0.550 e. The van der Waals surface area contributed by atoms with Crippen LogP contribution in [0.15, 0.2) is 47.7 Å². The van der Waals surface area contributed by atoms with Gasteiger partial charge in [0.05, 0.1) is 62.9 Å². The van der Waals surface area contributed by atoms with Crippen molar-refractivity contribution in [3.63, 3.8) is 0 Å². The van der Waals surface area contributed by atoms with E-state index in [1.807, 2.05) is 0 Å². The normalized spacial score (nSPS) is 16.5. The van der Waals surface area contributed by atoms with Gasteiger partial charge in [0, 0.05) is 83.1 Å². The zero-order valence-electron chi connectivity index (χ0n) is 68.3. The number of hydrogen-bond acceptors (Lipinski definition) is 55. The first-order valence-electron chi connectivity index (χ1n) is 32.4. The van der Waals surface area contributed by atoms with Crippen LogP contribution in [0.4, 0.5) is 0 Å². The summed E-state index contributed by atoms with van der Waals surface area (Å²) in [6.07, 6.45) is -40.8. The fourth-order valence-corrected chi connectivity index (χ4v) is 5.53. The summed E-state index contributed by atoms with van der Waals surface area (Å²) in [4.78, 5) is 177. The maximum atomic E-state index is 10.5. The number of esters is 1. The third-order valence-electron chi connectivity index (χ3n) is 11.9. The maximum absolute atomic E-state index is 10.5. The molecule has 796 valence electrons. The Morgan fingerprint density at radius 3 is 0.704 bits per heavy atom. The second kappa shape index (κ2) is 91.0. The number of carbonyl (C=O) groups excluding carboxylic acids is 7. The smallest absolute Gasteiger partial charge is 0.550 e. The molecule has 0 aromatic carbocycles. The second-order valence-electron chi connectivity index (χ2n) is 22.9. The average Bonchev–Trinajstić information content (AvgIpc) is 1.65. The van der Waals surface area contributed by atoms with Crippen molar-refractivity contribution >= 4 is 107 Å². The first kappa shape index (κ1) is 172. The standard InChI is InChI=1S/2C7H10O6.C7H10O5.2C6H12O7.C6H8O6.3C4H6O6.2C3H6O3.2C2H4O2.CH4O.CH4.6Fe/c2*1-4(8)2-7(13,6(11)12)3-5(9)10;1-3-5(10)6(11)7(12-3)4(9)2-8;2*7-1-2(8)3(9)4(10)5(11)6(12)13;7-1-2(8)5-3(9)4(10)6(11)12-5;3*5-1(3(7)8)2(6)4(9)10;2*1-2(4)3(5)6;2*1-2(3)4;1-2;;;;;;;/h13H,2-3H2,1H3,(H,9,10)(H,11,12);8,13H,1-3H2,(H,9,10)(H,11,12);4,7-11H,1-2H2;2*2-5,7-11H,1H2,(H,12,13);2,5,7-10H,1H2;3*1-2,5-6H,(H,7,8)(H,9,10);2*2,4H,1H3,(H,5,6);2*1H3,(H,3,4);2H,1H3;1H4;;;;;;/q;;;;;;;;;;;;;;;;;;+2;2*+3/p-5/t;;4-,7+;2*2-,3-,4+,5-;2-,5+;;;;;;;;;;;;;;;/m..0110.............../s1. The summed E-state index contributed by atoms with van der Waals surface area (Å²) in [6, 6.07) is 0. The number of aliphatic hydroxyl groups excluding tert-OH is 28. The topological polar surface area (TPSA) is 1270 Å². The molecule has 22 atom stereocenters. The largest absolute Gasteiger partial charge is 3.00 e. The molecular formula is C63H103Fe6O66+3. The van der Waals surface area contributed by atoms with Gasteiger partial charge in [0.2, 0.25) is 5.76 Å². The Balaban J connectivity index is -0.0000000638. The number of carbonyl (C=O) groups is 18. The van der Waals surface area contributed by atoms with Gasteiger partial charge in [-0.05, 0) is 34.6 Å². The van der Waals surface area contributed by atoms with Gasteiger partial charge in [0.1, 0.15) is 85.1 Å². The van der Waals surface area contributed by atoms with E-state index in [9.17, 15) is 102 Å². The number of carboxylic acid groups (broad SMARTS) is 16. The van der Waals surface area contributed by atoms with Crippen molar-refractivity contribution < 1.29 is 433 Å². The summed E-state index contributed by atoms with van der Waals surface area (Å²) in [6.45, 7) is 8.74. The fraction of sp³-hybridized carbons (Fsp3) is 0.587. The summed E-state index contributed by atoms with van der Waals surface area (Å²) >= 11 is 0. The van der Waals surface area contributed by atoms with E-state index < -0.39 is 321 Å². The third-order valence-corrected chi connectivity index (χ3v) is 11.9. The van der Waals surface area contributed by atoms with Gasteiger partial charge >= 0.3 is 123 Å². The van der Waals surface area contributed by atoms with E-state index in [1.165, 1.54) is 13.8 Å². The van der Waals surface area contributed by atoms with Crippen LogP contribution < -0.4 is 25.5 Å². The first-order chi connectivity index (χ1) is 57.7. The molecule has 0 fully saturated rings. The van der Waals surface area contributed by atoms with E-state index in [0.717, 1.165) is 27.9 Å². The molecule has 66 nitrogen and oxygen atoms in total. The molecule has 0 saturated heterocycles. The van der Waals surface area contributed by atoms with Crippen molar-refractivity contribution in [2.75, 3.05) is 33.5 Å². The van der Waals surface area contributed by atoms with Gasteiger partial charge < -0.3 is 268 Å². The van der Waals surface area contributed by atoms with Crippen LogP contribution in [0.5, 0.6) is 0 Å². The van der Waals surface area contributed by atoms with Crippen LogP contribution >= 0.6 is 0 Å². The molecular weight excluding hydrogens is 2150 g/mol. The van der Waals surface area contributed by atoms with Gasteiger partial charge in [-0.2, -0.15) is 0 Å². The van der Waals surface area contributed by atoms with Crippen molar-refractivity contribution in [1.82, 2.24) is 0 Å². The number of cyclic esters (lactones) is 1. The van der Waals surface area contributed by atoms with Crippen LogP contribution in [0.25, 0.3) is 0 Å². The summed E-state index contributed by atoms with van der Waals surface area (Å²) in [5.74, 6) is -30.8. The van der Waals surface area contributed by atoms with Crippen LogP contribution in [0.2, 0.25) is 0 Å². The molecule has 2 aliphatic heterocycles. The fourth-order valence-electron chi connectivity index (χ4n) is 5.53. The Kier molecular flexibility index (Phi) is 116. The molecule has 0 bridgehead atoms. The minimum atomic E-state index is -2.49. The summed E-state index contributed by atoms with van der Waals surface area (Å²) in [5, 5.41) is 394. The van der Waals surface area contributed by atoms with Crippen molar-refractivity contribution in [1.29, 1.82) is 0 Å². The van der Waals surface area contributed by atoms with E-state index in [0.29, 0.717) is 0 Å². The zero-order valence-corrected chi connectivity index (χ0v) is 74.9. The third kappa shape index (κ3) is 87.1. The van der Waals surface area contributed by atoms with Crippen LogP contribution in [-0.4, -0.2) is 483 Å². The van der Waals surface area contributed by atoms with Gasteiger partial charge in [-0.1, -0.05) is 20.6 Å². The van der Waals surface area contributed by atoms with E-state index in [1.54, 1.807) is 0 Å². The second-order valence-corrected chi connectivity index (χ2v) is 22.9. The molecule has 0 aromatic rings. The number of ketones is 1. The number of aliphatic carboxylic acids is 16. The van der Waals surface area contributed by atoms with Gasteiger partial charge in [0.25, 0.3) is 0 Å². The Morgan fingerprint density at radius 1 is 0.370 bits per heavy atom. The molecule has 41 N–H and O–H groups in total. The van der Waals surface area contributed by atoms with Crippen LogP contribution in [0, 0.1) is 0 Å². The maximum Gasteiger partial charge on any atom is 3.00 e. The number of ether oxygens (including phenoxy) is 2. The van der Waals surface area contributed by atoms with Crippen molar-refractivity contribution in [2.45, 2.75) is 201 Å². The monoisotopic (exact) mass is 2250 g/mol. The van der Waals surface area contributed by atoms with Crippen LogP contribution in [0.1, 0.15) is 67.7 Å². The predicted molar refractivity (Wildman–Crippen MR) is 382 cm³/mol. The molecule has 0 spiro atoms. The number of Topliss-reactive ketones (excluding diaryl/α,β-unsaturated/α-hetero) is 1. The molecule has 2 rings (SSSR count). The molecule has 0 aromatic heterocycles. The molecule has 0 amide bonds. The molecule has 2 aliphatic rings. The number of rotatable bonds is 35. The average molecular weight is 2250 g/mol. The Hall–Kier alpha value is -9.46. The van der Waals surface area contributed by atoms with E-state index in [4.69, 9.17) is 224 Å². The van der Waals surface area contributed by atoms with Crippen LogP contribution in [-0.2, 0) is 198 Å². The molecule has 135 heavy (non-hydrogen) atoms. The zero-order chi connectivity index (χ0) is 105.